The number of rotatable bonds is 6. The van der Waals surface area contributed by atoms with Crippen LogP contribution in [-0.2, 0) is 6.42 Å². The van der Waals surface area contributed by atoms with Crippen LogP contribution < -0.4 is 5.32 Å². The van der Waals surface area contributed by atoms with Crippen molar-refractivity contribution in [1.82, 2.24) is 15.5 Å². The smallest absolute Gasteiger partial charge is 0.253 e. The fraction of sp³-hybridized carbons (Fsp3) is 0.643. The predicted molar refractivity (Wildman–Crippen MR) is 75.5 cm³/mol. The topological polar surface area (TPSA) is 54.9 Å². The SMILES string of the molecule is CCc1nnc(C)cc1C(=O)NCC1(CCCl)CC1. The summed E-state index contributed by atoms with van der Waals surface area (Å²) in [6.45, 7) is 4.54. The molecule has 1 saturated carbocycles. The average Bonchev–Trinajstić information content (AvgIpc) is 3.17. The molecule has 0 aliphatic heterocycles. The van der Waals surface area contributed by atoms with E-state index in [4.69, 9.17) is 11.6 Å². The molecule has 0 aromatic carbocycles. The number of carbonyl (C=O) groups is 1. The monoisotopic (exact) mass is 281 g/mol. The number of aryl methyl sites for hydroxylation is 2. The summed E-state index contributed by atoms with van der Waals surface area (Å²) in [5, 5.41) is 11.1. The first-order valence-corrected chi connectivity index (χ1v) is 7.31. The van der Waals surface area contributed by atoms with Gasteiger partial charge in [0.2, 0.25) is 0 Å². The zero-order valence-corrected chi connectivity index (χ0v) is 12.3. The molecule has 1 amide bonds. The van der Waals surface area contributed by atoms with Crippen molar-refractivity contribution in [2.75, 3.05) is 12.4 Å². The van der Waals surface area contributed by atoms with E-state index in [0.29, 0.717) is 24.4 Å². The summed E-state index contributed by atoms with van der Waals surface area (Å²) in [5.41, 5.74) is 2.42. The fourth-order valence-corrected chi connectivity index (χ4v) is 2.63. The first-order valence-electron chi connectivity index (χ1n) is 6.77. The molecule has 0 atom stereocenters. The van der Waals surface area contributed by atoms with Crippen LogP contribution in [0.5, 0.6) is 0 Å². The molecule has 5 heteroatoms. The van der Waals surface area contributed by atoms with Crippen molar-refractivity contribution in [3.63, 3.8) is 0 Å². The molecule has 1 N–H and O–H groups in total. The first-order chi connectivity index (χ1) is 9.10. The molecule has 1 aliphatic carbocycles. The van der Waals surface area contributed by atoms with Gasteiger partial charge in [0.1, 0.15) is 0 Å². The van der Waals surface area contributed by atoms with Crippen LogP contribution in [0.3, 0.4) is 0 Å². The summed E-state index contributed by atoms with van der Waals surface area (Å²) >= 11 is 5.80. The van der Waals surface area contributed by atoms with E-state index in [1.807, 2.05) is 19.9 Å². The molecule has 0 spiro atoms. The molecule has 0 bridgehead atoms. The maximum atomic E-state index is 12.2. The highest BCUT2D eigenvalue weighted by atomic mass is 35.5. The van der Waals surface area contributed by atoms with Gasteiger partial charge in [0.25, 0.3) is 5.91 Å². The van der Waals surface area contributed by atoms with Crippen molar-refractivity contribution in [2.45, 2.75) is 39.5 Å². The Bertz CT molecular complexity index is 472. The summed E-state index contributed by atoms with van der Waals surface area (Å²) in [7, 11) is 0. The maximum absolute atomic E-state index is 12.2. The van der Waals surface area contributed by atoms with Crippen LogP contribution in [0.4, 0.5) is 0 Å². The zero-order valence-electron chi connectivity index (χ0n) is 11.5. The Morgan fingerprint density at radius 3 is 2.79 bits per heavy atom. The predicted octanol–water partition coefficient (Wildman–Crippen LogP) is 2.49. The van der Waals surface area contributed by atoms with Gasteiger partial charge < -0.3 is 5.32 Å². The average molecular weight is 282 g/mol. The molecule has 1 aromatic heterocycles. The Kier molecular flexibility index (Phi) is 4.40. The van der Waals surface area contributed by atoms with Gasteiger partial charge in [-0.15, -0.1) is 11.6 Å². The fourth-order valence-electron chi connectivity index (χ4n) is 2.23. The molecule has 1 fully saturated rings. The number of hydrogen-bond donors (Lipinski definition) is 1. The Balaban J connectivity index is 2.02. The maximum Gasteiger partial charge on any atom is 0.253 e. The Hall–Kier alpha value is -1.16. The van der Waals surface area contributed by atoms with Crippen LogP contribution in [0.15, 0.2) is 6.07 Å². The normalized spacial score (nSPS) is 16.2. The van der Waals surface area contributed by atoms with Gasteiger partial charge in [-0.25, -0.2) is 0 Å². The lowest BCUT2D eigenvalue weighted by molar-refractivity contribution is 0.0942. The quantitative estimate of drug-likeness (QED) is 0.815. The van der Waals surface area contributed by atoms with Gasteiger partial charge in [-0.05, 0) is 44.1 Å². The van der Waals surface area contributed by atoms with Crippen molar-refractivity contribution in [1.29, 1.82) is 0 Å². The Labute approximate surface area is 118 Å². The minimum atomic E-state index is -0.0457. The van der Waals surface area contributed by atoms with Gasteiger partial charge in [-0.2, -0.15) is 10.2 Å². The molecule has 0 saturated heterocycles. The van der Waals surface area contributed by atoms with E-state index in [0.717, 1.165) is 30.7 Å². The van der Waals surface area contributed by atoms with Crippen LogP contribution in [0.25, 0.3) is 0 Å². The molecule has 1 aliphatic rings. The van der Waals surface area contributed by atoms with Crippen LogP contribution >= 0.6 is 11.6 Å². The van der Waals surface area contributed by atoms with Crippen LogP contribution in [0.2, 0.25) is 0 Å². The number of aromatic nitrogens is 2. The van der Waals surface area contributed by atoms with E-state index < -0.39 is 0 Å². The molecular formula is C14H20ClN3O. The summed E-state index contributed by atoms with van der Waals surface area (Å²) < 4.78 is 0. The first kappa shape index (κ1) is 14.3. The van der Waals surface area contributed by atoms with Crippen LogP contribution in [0, 0.1) is 12.3 Å². The molecule has 1 heterocycles. The highest BCUT2D eigenvalue weighted by Crippen LogP contribution is 2.48. The second-order valence-corrected chi connectivity index (χ2v) is 5.70. The molecule has 104 valence electrons. The van der Waals surface area contributed by atoms with E-state index in [1.54, 1.807) is 0 Å². The molecular weight excluding hydrogens is 262 g/mol. The van der Waals surface area contributed by atoms with Gasteiger partial charge in [0.15, 0.2) is 0 Å². The van der Waals surface area contributed by atoms with Crippen molar-refractivity contribution in [3.8, 4) is 0 Å². The van der Waals surface area contributed by atoms with Crippen LogP contribution in [0.1, 0.15) is 47.9 Å². The van der Waals surface area contributed by atoms with E-state index >= 15 is 0 Å². The van der Waals surface area contributed by atoms with Gasteiger partial charge in [-0.1, -0.05) is 6.92 Å². The van der Waals surface area contributed by atoms with E-state index in [-0.39, 0.29) is 11.3 Å². The minimum absolute atomic E-state index is 0.0457. The summed E-state index contributed by atoms with van der Waals surface area (Å²) in [6, 6.07) is 1.81. The number of nitrogens with one attached hydrogen (secondary N) is 1. The third kappa shape index (κ3) is 3.44. The third-order valence-corrected chi connectivity index (χ3v) is 3.97. The van der Waals surface area contributed by atoms with Crippen LogP contribution in [-0.4, -0.2) is 28.5 Å². The van der Waals surface area contributed by atoms with Crippen molar-refractivity contribution >= 4 is 17.5 Å². The van der Waals surface area contributed by atoms with Gasteiger partial charge >= 0.3 is 0 Å². The molecule has 2 rings (SSSR count). The van der Waals surface area contributed by atoms with Gasteiger partial charge in [-0.3, -0.25) is 4.79 Å². The number of alkyl halides is 1. The summed E-state index contributed by atoms with van der Waals surface area (Å²) in [6.07, 6.45) is 4.01. The number of halogens is 1. The molecule has 0 unspecified atom stereocenters. The zero-order chi connectivity index (χ0) is 13.9. The lowest BCUT2D eigenvalue weighted by Gasteiger charge is -2.15. The molecule has 0 radical (unpaired) electrons. The minimum Gasteiger partial charge on any atom is -0.351 e. The number of nitrogens with zero attached hydrogens (tertiary/aromatic N) is 2. The Morgan fingerprint density at radius 2 is 2.21 bits per heavy atom. The van der Waals surface area contributed by atoms with Crippen molar-refractivity contribution < 1.29 is 4.79 Å². The lowest BCUT2D eigenvalue weighted by atomic mass is 10.0. The number of hydrogen-bond acceptors (Lipinski definition) is 3. The number of carbonyl (C=O) groups excluding carboxylic acids is 1. The largest absolute Gasteiger partial charge is 0.351 e. The van der Waals surface area contributed by atoms with Gasteiger partial charge in [0, 0.05) is 12.4 Å². The van der Waals surface area contributed by atoms with E-state index in [1.165, 1.54) is 0 Å². The number of amides is 1. The lowest BCUT2D eigenvalue weighted by Crippen LogP contribution is -2.31. The van der Waals surface area contributed by atoms with E-state index in [9.17, 15) is 4.79 Å². The second-order valence-electron chi connectivity index (χ2n) is 5.32. The second kappa shape index (κ2) is 5.87. The third-order valence-electron chi connectivity index (χ3n) is 3.78. The van der Waals surface area contributed by atoms with Gasteiger partial charge in [0.05, 0.1) is 17.0 Å². The Morgan fingerprint density at radius 1 is 1.47 bits per heavy atom. The molecule has 1 aromatic rings. The van der Waals surface area contributed by atoms with Crippen molar-refractivity contribution in [2.24, 2.45) is 5.41 Å². The molecule has 4 nitrogen and oxygen atoms in total. The highest BCUT2D eigenvalue weighted by Gasteiger charge is 2.41. The standard InChI is InChI=1S/C14H20ClN3O/c1-3-12-11(8-10(2)17-18-12)13(19)16-9-14(4-5-14)6-7-15/h8H,3-7,9H2,1-2H3,(H,16,19). The summed E-state index contributed by atoms with van der Waals surface area (Å²) in [5.74, 6) is 0.613. The summed E-state index contributed by atoms with van der Waals surface area (Å²) in [4.78, 5) is 12.2. The van der Waals surface area contributed by atoms with E-state index in [2.05, 4.69) is 15.5 Å². The highest BCUT2D eigenvalue weighted by molar-refractivity contribution is 6.17. The molecule has 19 heavy (non-hydrogen) atoms. The van der Waals surface area contributed by atoms with Crippen molar-refractivity contribution in [3.05, 3.63) is 23.0 Å².